The van der Waals surface area contributed by atoms with Crippen LogP contribution in [0.2, 0.25) is 0 Å². The Morgan fingerprint density at radius 3 is 0.910 bits per heavy atom. The summed E-state index contributed by atoms with van der Waals surface area (Å²) in [6, 6.07) is 0. The van der Waals surface area contributed by atoms with Crippen molar-refractivity contribution in [1.82, 2.24) is 0 Å². The second-order valence-electron chi connectivity index (χ2n) is 24.5. The van der Waals surface area contributed by atoms with Crippen LogP contribution in [0.25, 0.3) is 0 Å². The minimum atomic E-state index is -5.00. The van der Waals surface area contributed by atoms with E-state index >= 15 is 0 Å². The Morgan fingerprint density at radius 1 is 0.290 bits per heavy atom. The normalized spacial score (nSPS) is 14.8. The van der Waals surface area contributed by atoms with Crippen LogP contribution in [0.5, 0.6) is 0 Å². The molecule has 0 bridgehead atoms. The monoisotopic (exact) mass is 1440 g/mol. The van der Waals surface area contributed by atoms with Crippen molar-refractivity contribution in [3.63, 3.8) is 0 Å². The van der Waals surface area contributed by atoms with E-state index in [4.69, 9.17) is 37.0 Å². The van der Waals surface area contributed by atoms with E-state index in [1.807, 2.05) is 18.2 Å². The maximum absolute atomic E-state index is 13.1. The summed E-state index contributed by atoms with van der Waals surface area (Å²) in [5.41, 5.74) is 0. The number of allylic oxidation sites excluding steroid dienone is 26. The lowest BCUT2D eigenvalue weighted by Crippen LogP contribution is -2.30. The Morgan fingerprint density at radius 2 is 0.560 bits per heavy atom. The summed E-state index contributed by atoms with van der Waals surface area (Å²) in [6.45, 7) is 4.37. The molecule has 0 heterocycles. The van der Waals surface area contributed by atoms with Gasteiger partial charge in [0, 0.05) is 25.7 Å². The molecule has 100 heavy (non-hydrogen) atoms. The molecule has 0 fully saturated rings. The van der Waals surface area contributed by atoms with Crippen LogP contribution in [-0.4, -0.2) is 96.7 Å². The molecule has 0 aromatic carbocycles. The highest BCUT2D eigenvalue weighted by Crippen LogP contribution is 2.45. The van der Waals surface area contributed by atoms with Crippen LogP contribution >= 0.6 is 15.6 Å². The average Bonchev–Trinajstić information content (AvgIpc) is 1.02. The van der Waals surface area contributed by atoms with Gasteiger partial charge in [-0.2, -0.15) is 0 Å². The lowest BCUT2D eigenvalue weighted by Gasteiger charge is -2.21. The Bertz CT molecular complexity index is 2520. The number of aliphatic hydroxyl groups is 1. The van der Waals surface area contributed by atoms with Crippen molar-refractivity contribution in [2.45, 2.75) is 290 Å². The van der Waals surface area contributed by atoms with Crippen molar-refractivity contribution in [2.75, 3.05) is 39.6 Å². The maximum Gasteiger partial charge on any atom is 0.472 e. The molecule has 0 aromatic rings. The van der Waals surface area contributed by atoms with Gasteiger partial charge in [0.25, 0.3) is 0 Å². The lowest BCUT2D eigenvalue weighted by atomic mass is 10.1. The fourth-order valence-electron chi connectivity index (χ4n) is 9.25. The number of carbonyl (C=O) groups is 4. The molecule has 0 saturated carbocycles. The topological polar surface area (TPSA) is 237 Å². The highest BCUT2D eigenvalue weighted by molar-refractivity contribution is 7.47. The predicted molar refractivity (Wildman–Crippen MR) is 408 cm³/mol. The molecule has 0 aromatic heterocycles. The van der Waals surface area contributed by atoms with E-state index in [9.17, 15) is 43.2 Å². The number of unbranched alkanes of at least 4 members (excludes halogenated alkanes) is 17. The van der Waals surface area contributed by atoms with Crippen LogP contribution in [0.3, 0.4) is 0 Å². The van der Waals surface area contributed by atoms with E-state index in [-0.39, 0.29) is 25.7 Å². The Balaban J connectivity index is 5.42. The highest BCUT2D eigenvalue weighted by atomic mass is 31.2. The zero-order valence-corrected chi connectivity index (χ0v) is 63.6. The summed E-state index contributed by atoms with van der Waals surface area (Å²) in [6.07, 6.45) is 82.6. The first-order valence-electron chi connectivity index (χ1n) is 37.7. The third kappa shape index (κ3) is 71.1. The molecule has 0 aliphatic carbocycles. The van der Waals surface area contributed by atoms with Gasteiger partial charge in [-0.25, -0.2) is 9.13 Å². The van der Waals surface area contributed by atoms with Gasteiger partial charge in [0.1, 0.15) is 19.3 Å². The highest BCUT2D eigenvalue weighted by Gasteiger charge is 2.30. The van der Waals surface area contributed by atoms with E-state index in [2.05, 4.69) is 167 Å². The van der Waals surface area contributed by atoms with Crippen LogP contribution in [0.1, 0.15) is 272 Å². The molecular weight excluding hydrogens is 1310 g/mol. The number of rotatable bonds is 69. The number of aliphatic hydroxyl groups excluding tert-OH is 1. The fourth-order valence-corrected chi connectivity index (χ4v) is 10.8. The number of ether oxygens (including phenoxy) is 4. The third-order valence-corrected chi connectivity index (χ3v) is 16.9. The first-order chi connectivity index (χ1) is 48.7. The summed E-state index contributed by atoms with van der Waals surface area (Å²) < 4.78 is 68.3. The molecular formula is C81H132O17P2. The summed E-state index contributed by atoms with van der Waals surface area (Å²) >= 11 is 0. The maximum atomic E-state index is 13.1. The van der Waals surface area contributed by atoms with Crippen LogP contribution in [0.4, 0.5) is 0 Å². The van der Waals surface area contributed by atoms with Crippen molar-refractivity contribution in [2.24, 2.45) is 0 Å². The summed E-state index contributed by atoms with van der Waals surface area (Å²) in [5.74, 6) is -2.34. The lowest BCUT2D eigenvalue weighted by molar-refractivity contribution is -0.161. The van der Waals surface area contributed by atoms with Crippen molar-refractivity contribution >= 4 is 39.5 Å². The molecule has 3 N–H and O–H groups in total. The quantitative estimate of drug-likeness (QED) is 0.0169. The van der Waals surface area contributed by atoms with Gasteiger partial charge >= 0.3 is 39.5 Å². The Kier molecular flexibility index (Phi) is 68.2. The van der Waals surface area contributed by atoms with Gasteiger partial charge in [-0.1, -0.05) is 256 Å². The molecule has 0 aliphatic heterocycles. The summed E-state index contributed by atoms with van der Waals surface area (Å²) in [5, 5.41) is 10.6. The number of phosphoric acid groups is 2. The van der Waals surface area contributed by atoms with Crippen molar-refractivity contribution < 1.29 is 80.2 Å². The largest absolute Gasteiger partial charge is 0.472 e. The second-order valence-corrected chi connectivity index (χ2v) is 27.4. The van der Waals surface area contributed by atoms with Crippen molar-refractivity contribution in [1.29, 1.82) is 0 Å². The molecule has 0 rings (SSSR count). The number of hydrogen-bond donors (Lipinski definition) is 3. The number of phosphoric ester groups is 2. The minimum absolute atomic E-state index is 0.0296. The van der Waals surface area contributed by atoms with E-state index in [1.54, 1.807) is 0 Å². The van der Waals surface area contributed by atoms with Crippen molar-refractivity contribution in [3.8, 4) is 0 Å². The van der Waals surface area contributed by atoms with Crippen molar-refractivity contribution in [3.05, 3.63) is 158 Å². The second kappa shape index (κ2) is 72.0. The molecule has 0 radical (unpaired) electrons. The molecule has 5 unspecified atom stereocenters. The van der Waals surface area contributed by atoms with Gasteiger partial charge in [-0.05, 0) is 148 Å². The van der Waals surface area contributed by atoms with Crippen LogP contribution < -0.4 is 0 Å². The summed E-state index contributed by atoms with van der Waals surface area (Å²) in [7, 11) is -9.99. The van der Waals surface area contributed by atoms with Crippen LogP contribution in [0.15, 0.2) is 158 Å². The van der Waals surface area contributed by atoms with E-state index in [0.29, 0.717) is 32.1 Å². The predicted octanol–water partition coefficient (Wildman–Crippen LogP) is 21.7. The minimum Gasteiger partial charge on any atom is -0.462 e. The van der Waals surface area contributed by atoms with E-state index < -0.39 is 97.5 Å². The molecule has 0 spiro atoms. The number of esters is 4. The average molecular weight is 1440 g/mol. The SMILES string of the molecule is CC/C=C\C/C=C\C/C=C\C/C=C\C/C=C\C/C=C\CCC(=O)OCC(COP(=O)(O)OCC(O)COP(=O)(O)OCC(COC(=O)CCCCCC/C=C\C/C=C\C/C=C\C/C=C\CC)OC(=O)CCCCCCC/C=C\C/C=C\CCC)OC(=O)CCCCCCC/C=C\CCCC. The molecule has 0 amide bonds. The van der Waals surface area contributed by atoms with Gasteiger partial charge in [0.2, 0.25) is 0 Å². The number of hydrogen-bond acceptors (Lipinski definition) is 15. The Hall–Kier alpha value is -5.32. The van der Waals surface area contributed by atoms with E-state index in [1.165, 1.54) is 6.42 Å². The molecule has 0 aliphatic rings. The summed E-state index contributed by atoms with van der Waals surface area (Å²) in [4.78, 5) is 72.8. The Labute approximate surface area is 604 Å². The molecule has 568 valence electrons. The van der Waals surface area contributed by atoms with Crippen LogP contribution in [0, 0.1) is 0 Å². The van der Waals surface area contributed by atoms with Gasteiger partial charge in [0.05, 0.1) is 26.4 Å². The smallest absolute Gasteiger partial charge is 0.462 e. The fraction of sp³-hybridized carbons (Fsp3) is 0.630. The molecule has 5 atom stereocenters. The van der Waals surface area contributed by atoms with Gasteiger partial charge in [-0.3, -0.25) is 37.3 Å². The van der Waals surface area contributed by atoms with Gasteiger partial charge < -0.3 is 33.8 Å². The molecule has 17 nitrogen and oxygen atoms in total. The first-order valence-corrected chi connectivity index (χ1v) is 40.7. The molecule has 19 heteroatoms. The third-order valence-electron chi connectivity index (χ3n) is 15.0. The van der Waals surface area contributed by atoms with Crippen LogP contribution in [-0.2, 0) is 65.4 Å². The van der Waals surface area contributed by atoms with Gasteiger partial charge in [-0.15, -0.1) is 0 Å². The van der Waals surface area contributed by atoms with E-state index in [0.717, 1.165) is 180 Å². The first kappa shape index (κ1) is 94.7. The standard InChI is InChI=1S/C81H132O17P2/c1-5-9-13-17-21-25-29-32-34-36-37-39-41-44-47-50-54-58-62-66-78(83)91-71-76(97-80(85)67-63-59-55-51-45-28-24-20-16-12-8-4)73-95-99(87,88)93-69-75(82)70-94-100(89,90)96-74-77(98-81(86)68-64-60-56-52-48-42-31-27-23-19-15-11-7-3)72-92-79(84)65-61-57-53-49-46-43-40-38-35-33-30-26-22-18-14-10-6-2/h9-10,13-15,19-22,24-27,31-35,37,39-40,43-44,47,54,58,75-77,82H,5-8,11-12,16-18,23,28-30,36,38,41-42,45-46,48-53,55-57,59-74H2,1-4H3,(H,87,88)(H,89,90)/b13-9-,14-10-,19-15-,24-20-,25-21-,26-22-,31-27-,34-32-,35-33-,39-37-,43-40-,47-44-,58-54-. The molecule has 0 saturated heterocycles. The zero-order chi connectivity index (χ0) is 73.2. The number of carbonyl (C=O) groups excluding carboxylic acids is 4. The van der Waals surface area contributed by atoms with Gasteiger partial charge in [0.15, 0.2) is 12.2 Å². The zero-order valence-electron chi connectivity index (χ0n) is 61.8.